The molecule has 0 aliphatic carbocycles. The van der Waals surface area contributed by atoms with Crippen molar-refractivity contribution in [2.45, 2.75) is 19.9 Å². The van der Waals surface area contributed by atoms with Crippen LogP contribution < -0.4 is 4.90 Å². The van der Waals surface area contributed by atoms with E-state index in [1.807, 2.05) is 25.1 Å². The highest BCUT2D eigenvalue weighted by atomic mass is 32.1. The van der Waals surface area contributed by atoms with Gasteiger partial charge in [0.25, 0.3) is 0 Å². The topological polar surface area (TPSA) is 84.1 Å². The molecule has 0 aromatic carbocycles. The minimum absolute atomic E-state index is 0.127. The maximum absolute atomic E-state index is 5.30. The fourth-order valence-corrected chi connectivity index (χ4v) is 3.75. The van der Waals surface area contributed by atoms with Gasteiger partial charge in [-0.3, -0.25) is 9.88 Å². The summed E-state index contributed by atoms with van der Waals surface area (Å²) in [6.45, 7) is 7.57. The Hall–Kier alpha value is -2.39. The molecule has 130 valence electrons. The SMILES string of the molecule is Cc1noc(C(C)N2CCN(c3nnc(-c4ccccn4)s3)CC2)n1. The monoisotopic (exact) mass is 357 g/mol. The predicted molar refractivity (Wildman–Crippen MR) is 94.4 cm³/mol. The predicted octanol–water partition coefficient (Wildman–Crippen LogP) is 2.17. The number of anilines is 1. The third-order valence-electron chi connectivity index (χ3n) is 4.33. The van der Waals surface area contributed by atoms with E-state index in [9.17, 15) is 0 Å². The van der Waals surface area contributed by atoms with Gasteiger partial charge in [0.1, 0.15) is 5.69 Å². The van der Waals surface area contributed by atoms with Crippen molar-refractivity contribution in [3.63, 3.8) is 0 Å². The molecule has 3 aromatic rings. The zero-order chi connectivity index (χ0) is 17.2. The van der Waals surface area contributed by atoms with Crippen molar-refractivity contribution in [1.29, 1.82) is 0 Å². The lowest BCUT2D eigenvalue weighted by Gasteiger charge is -2.36. The third kappa shape index (κ3) is 3.38. The Morgan fingerprint density at radius 3 is 2.68 bits per heavy atom. The van der Waals surface area contributed by atoms with E-state index >= 15 is 0 Å². The number of hydrogen-bond acceptors (Lipinski definition) is 9. The molecule has 4 rings (SSSR count). The Labute approximate surface area is 149 Å². The molecule has 0 bridgehead atoms. The summed E-state index contributed by atoms with van der Waals surface area (Å²) in [6, 6.07) is 5.94. The van der Waals surface area contributed by atoms with Crippen LogP contribution in [0, 0.1) is 6.92 Å². The number of rotatable bonds is 4. The van der Waals surface area contributed by atoms with Gasteiger partial charge in [-0.25, -0.2) is 0 Å². The van der Waals surface area contributed by atoms with Crippen molar-refractivity contribution < 1.29 is 4.52 Å². The van der Waals surface area contributed by atoms with Crippen LogP contribution in [-0.4, -0.2) is 56.4 Å². The molecule has 1 aliphatic rings. The van der Waals surface area contributed by atoms with Gasteiger partial charge in [0.15, 0.2) is 10.8 Å². The summed E-state index contributed by atoms with van der Waals surface area (Å²) in [5, 5.41) is 14.3. The number of aryl methyl sites for hydroxylation is 1. The van der Waals surface area contributed by atoms with E-state index in [2.05, 4.69) is 42.0 Å². The quantitative estimate of drug-likeness (QED) is 0.702. The first kappa shape index (κ1) is 16.1. The highest BCUT2D eigenvalue weighted by Gasteiger charge is 2.26. The van der Waals surface area contributed by atoms with Gasteiger partial charge in [-0.05, 0) is 26.0 Å². The minimum atomic E-state index is 0.127. The van der Waals surface area contributed by atoms with Crippen LogP contribution in [0.3, 0.4) is 0 Å². The van der Waals surface area contributed by atoms with Crippen LogP contribution in [0.25, 0.3) is 10.7 Å². The molecule has 8 nitrogen and oxygen atoms in total. The first-order valence-corrected chi connectivity index (χ1v) is 9.06. The highest BCUT2D eigenvalue weighted by Crippen LogP contribution is 2.29. The van der Waals surface area contributed by atoms with Gasteiger partial charge < -0.3 is 9.42 Å². The summed E-state index contributed by atoms with van der Waals surface area (Å²) in [5.74, 6) is 1.36. The number of nitrogens with zero attached hydrogens (tertiary/aromatic N) is 7. The average Bonchev–Trinajstić information content (AvgIpc) is 3.31. The van der Waals surface area contributed by atoms with Crippen molar-refractivity contribution in [2.75, 3.05) is 31.1 Å². The van der Waals surface area contributed by atoms with E-state index in [0.29, 0.717) is 11.7 Å². The summed E-state index contributed by atoms with van der Waals surface area (Å²) in [4.78, 5) is 13.3. The van der Waals surface area contributed by atoms with Crippen LogP contribution in [0.15, 0.2) is 28.9 Å². The van der Waals surface area contributed by atoms with E-state index in [1.165, 1.54) is 0 Å². The van der Waals surface area contributed by atoms with Crippen molar-refractivity contribution in [2.24, 2.45) is 0 Å². The zero-order valence-corrected chi connectivity index (χ0v) is 15.0. The van der Waals surface area contributed by atoms with Gasteiger partial charge >= 0.3 is 0 Å². The summed E-state index contributed by atoms with van der Waals surface area (Å²) in [7, 11) is 0. The Bertz CT molecular complexity index is 826. The Kier molecular flexibility index (Phi) is 4.41. The van der Waals surface area contributed by atoms with Crippen molar-refractivity contribution in [3.05, 3.63) is 36.1 Å². The molecule has 1 unspecified atom stereocenters. The van der Waals surface area contributed by atoms with Crippen molar-refractivity contribution >= 4 is 16.5 Å². The minimum Gasteiger partial charge on any atom is -0.344 e. The third-order valence-corrected chi connectivity index (χ3v) is 5.34. The maximum atomic E-state index is 5.30. The second-order valence-corrected chi connectivity index (χ2v) is 6.94. The number of hydrogen-bond donors (Lipinski definition) is 0. The Balaban J connectivity index is 1.40. The first-order chi connectivity index (χ1) is 12.2. The van der Waals surface area contributed by atoms with Gasteiger partial charge in [-0.15, -0.1) is 10.2 Å². The lowest BCUT2D eigenvalue weighted by atomic mass is 10.2. The van der Waals surface area contributed by atoms with E-state index in [1.54, 1.807) is 17.5 Å². The van der Waals surface area contributed by atoms with Gasteiger partial charge in [0, 0.05) is 32.4 Å². The maximum Gasteiger partial charge on any atom is 0.243 e. The smallest absolute Gasteiger partial charge is 0.243 e. The molecule has 4 heterocycles. The molecule has 0 saturated carbocycles. The second kappa shape index (κ2) is 6.85. The van der Waals surface area contributed by atoms with Gasteiger partial charge in [0.2, 0.25) is 11.0 Å². The fourth-order valence-electron chi connectivity index (χ4n) is 2.88. The molecule has 1 saturated heterocycles. The Morgan fingerprint density at radius 2 is 2.00 bits per heavy atom. The fraction of sp³-hybridized carbons (Fsp3) is 0.438. The highest BCUT2D eigenvalue weighted by molar-refractivity contribution is 7.18. The van der Waals surface area contributed by atoms with Crippen LogP contribution in [0.2, 0.25) is 0 Å². The molecule has 0 spiro atoms. The van der Waals surface area contributed by atoms with E-state index < -0.39 is 0 Å². The second-order valence-electron chi connectivity index (χ2n) is 5.98. The van der Waals surface area contributed by atoms with Gasteiger partial charge in [0.05, 0.1) is 6.04 Å². The Morgan fingerprint density at radius 1 is 1.16 bits per heavy atom. The molecule has 0 amide bonds. The molecular weight excluding hydrogens is 338 g/mol. The van der Waals surface area contributed by atoms with Crippen LogP contribution >= 0.6 is 11.3 Å². The number of piperazine rings is 1. The lowest BCUT2D eigenvalue weighted by Crippen LogP contribution is -2.47. The van der Waals surface area contributed by atoms with Crippen LogP contribution in [-0.2, 0) is 0 Å². The molecule has 1 aliphatic heterocycles. The molecule has 25 heavy (non-hydrogen) atoms. The van der Waals surface area contributed by atoms with Gasteiger partial charge in [-0.1, -0.05) is 22.6 Å². The molecule has 9 heteroatoms. The van der Waals surface area contributed by atoms with Crippen LogP contribution in [0.1, 0.15) is 24.7 Å². The summed E-state index contributed by atoms with van der Waals surface area (Å²) in [6.07, 6.45) is 1.77. The van der Waals surface area contributed by atoms with Crippen molar-refractivity contribution in [3.8, 4) is 10.7 Å². The zero-order valence-electron chi connectivity index (χ0n) is 14.2. The molecule has 1 atom stereocenters. The number of aromatic nitrogens is 5. The molecule has 0 radical (unpaired) electrons. The first-order valence-electron chi connectivity index (χ1n) is 8.25. The summed E-state index contributed by atoms with van der Waals surface area (Å²) < 4.78 is 5.30. The van der Waals surface area contributed by atoms with E-state index in [4.69, 9.17) is 4.52 Å². The van der Waals surface area contributed by atoms with E-state index in [-0.39, 0.29) is 6.04 Å². The standard InChI is InChI=1S/C16H19N7OS/c1-11(14-18-12(2)21-24-14)22-7-9-23(10-8-22)16-20-19-15(25-16)13-5-3-4-6-17-13/h3-6,11H,7-10H2,1-2H3. The van der Waals surface area contributed by atoms with Crippen LogP contribution in [0.4, 0.5) is 5.13 Å². The lowest BCUT2D eigenvalue weighted by molar-refractivity contribution is 0.164. The summed E-state index contributed by atoms with van der Waals surface area (Å²) in [5.41, 5.74) is 0.866. The molecule has 3 aromatic heterocycles. The van der Waals surface area contributed by atoms with Crippen molar-refractivity contribution in [1.82, 2.24) is 30.2 Å². The van der Waals surface area contributed by atoms with Gasteiger partial charge in [-0.2, -0.15) is 4.98 Å². The normalized spacial score (nSPS) is 17.0. The average molecular weight is 357 g/mol. The largest absolute Gasteiger partial charge is 0.344 e. The molecule has 1 fully saturated rings. The summed E-state index contributed by atoms with van der Waals surface area (Å²) >= 11 is 1.58. The molecule has 0 N–H and O–H groups in total. The molecular formula is C16H19N7OS. The van der Waals surface area contributed by atoms with Crippen LogP contribution in [0.5, 0.6) is 0 Å². The van der Waals surface area contributed by atoms with E-state index in [0.717, 1.165) is 42.0 Å². The number of pyridine rings is 1.